The van der Waals surface area contributed by atoms with Gasteiger partial charge < -0.3 is 15.0 Å². The molecule has 5 rings (SSSR count). The minimum atomic E-state index is -3.54. The Morgan fingerprint density at radius 3 is 2.26 bits per heavy atom. The largest absolute Gasteiger partial charge is 0.376 e. The number of rotatable bonds is 7. The quantitative estimate of drug-likeness (QED) is 0.557. The van der Waals surface area contributed by atoms with Crippen LogP contribution in [-0.2, 0) is 14.8 Å². The van der Waals surface area contributed by atoms with Crippen LogP contribution in [-0.4, -0.2) is 68.4 Å². The molecule has 2 aliphatic heterocycles. The summed E-state index contributed by atoms with van der Waals surface area (Å²) >= 11 is 0. The Bertz CT molecular complexity index is 1170. The Morgan fingerprint density at radius 2 is 1.62 bits per heavy atom. The second-order valence-corrected chi connectivity index (χ2v) is 10.5. The van der Waals surface area contributed by atoms with Crippen molar-refractivity contribution in [3.63, 3.8) is 0 Å². The summed E-state index contributed by atoms with van der Waals surface area (Å²) in [4.78, 5) is 2.39. The second-order valence-electron chi connectivity index (χ2n) is 8.57. The van der Waals surface area contributed by atoms with E-state index >= 15 is 0 Å². The zero-order chi connectivity index (χ0) is 23.4. The van der Waals surface area contributed by atoms with E-state index in [0.717, 1.165) is 48.8 Å². The third-order valence-electron chi connectivity index (χ3n) is 6.35. The monoisotopic (exact) mass is 479 g/mol. The molecule has 1 atom stereocenters. The molecule has 9 heteroatoms. The highest BCUT2D eigenvalue weighted by Crippen LogP contribution is 2.24. The van der Waals surface area contributed by atoms with Crippen molar-refractivity contribution in [2.45, 2.75) is 23.8 Å². The molecular formula is C25H29N5O3S. The van der Waals surface area contributed by atoms with Crippen LogP contribution in [0, 0.1) is 0 Å². The van der Waals surface area contributed by atoms with Crippen LogP contribution >= 0.6 is 0 Å². The summed E-state index contributed by atoms with van der Waals surface area (Å²) in [6, 6.07) is 20.9. The van der Waals surface area contributed by atoms with Gasteiger partial charge in [0, 0.05) is 39.3 Å². The van der Waals surface area contributed by atoms with Gasteiger partial charge in [-0.05, 0) is 48.2 Å². The lowest BCUT2D eigenvalue weighted by Crippen LogP contribution is -2.49. The molecular weight excluding hydrogens is 450 g/mol. The van der Waals surface area contributed by atoms with Gasteiger partial charge in [-0.15, -0.1) is 10.2 Å². The number of ether oxygens (including phenoxy) is 1. The summed E-state index contributed by atoms with van der Waals surface area (Å²) in [5, 5.41) is 11.9. The first-order valence-electron chi connectivity index (χ1n) is 11.7. The van der Waals surface area contributed by atoms with Crippen LogP contribution in [0.15, 0.2) is 71.6 Å². The van der Waals surface area contributed by atoms with Crippen LogP contribution in [0.1, 0.15) is 12.8 Å². The molecule has 1 aromatic heterocycles. The Kier molecular flexibility index (Phi) is 6.75. The number of sulfonamides is 1. The maximum atomic E-state index is 13.2. The van der Waals surface area contributed by atoms with Crippen molar-refractivity contribution in [2.24, 2.45) is 0 Å². The van der Waals surface area contributed by atoms with E-state index in [4.69, 9.17) is 4.74 Å². The van der Waals surface area contributed by atoms with Crippen LogP contribution in [0.4, 0.5) is 11.6 Å². The van der Waals surface area contributed by atoms with E-state index in [0.29, 0.717) is 31.1 Å². The smallest absolute Gasteiger partial charge is 0.243 e. The number of aromatic nitrogens is 2. The molecule has 0 saturated carbocycles. The average molecular weight is 480 g/mol. The van der Waals surface area contributed by atoms with Crippen molar-refractivity contribution in [3.8, 4) is 11.1 Å². The molecule has 0 radical (unpaired) electrons. The van der Waals surface area contributed by atoms with Crippen LogP contribution in [0.25, 0.3) is 11.1 Å². The van der Waals surface area contributed by atoms with Gasteiger partial charge in [0.1, 0.15) is 5.82 Å². The van der Waals surface area contributed by atoms with Crippen LogP contribution in [0.5, 0.6) is 0 Å². The van der Waals surface area contributed by atoms with E-state index < -0.39 is 10.0 Å². The predicted molar refractivity (Wildman–Crippen MR) is 132 cm³/mol. The van der Waals surface area contributed by atoms with Crippen molar-refractivity contribution in [2.75, 3.05) is 49.5 Å². The lowest BCUT2D eigenvalue weighted by molar-refractivity contribution is 0.120. The topological polar surface area (TPSA) is 87.7 Å². The number of hydrogen-bond acceptors (Lipinski definition) is 7. The van der Waals surface area contributed by atoms with Gasteiger partial charge in [0.2, 0.25) is 10.0 Å². The minimum Gasteiger partial charge on any atom is -0.376 e. The maximum Gasteiger partial charge on any atom is 0.243 e. The number of nitrogens with zero attached hydrogens (tertiary/aromatic N) is 4. The highest BCUT2D eigenvalue weighted by Gasteiger charge is 2.29. The summed E-state index contributed by atoms with van der Waals surface area (Å²) < 4.78 is 33.5. The standard InChI is InChI=1S/C25H29N5O3S/c31-34(32,23-10-8-21(9-11-23)20-5-2-1-3-6-20)30-16-14-29(15-17-30)25-13-12-24(27-28-25)26-19-22-7-4-18-33-22/h1-3,5-6,8-13,22H,4,7,14-19H2,(H,26,27). The SMILES string of the molecule is O=S(=O)(c1ccc(-c2ccccc2)cc1)N1CCN(c2ccc(NCC3CCCO3)nn2)CC1. The zero-order valence-electron chi connectivity index (χ0n) is 19.0. The lowest BCUT2D eigenvalue weighted by atomic mass is 10.1. The van der Waals surface area contributed by atoms with Gasteiger partial charge in [0.05, 0.1) is 11.0 Å². The van der Waals surface area contributed by atoms with Crippen molar-refractivity contribution >= 4 is 21.7 Å². The van der Waals surface area contributed by atoms with E-state index in [1.165, 1.54) is 0 Å². The van der Waals surface area contributed by atoms with Crippen LogP contribution < -0.4 is 10.2 Å². The van der Waals surface area contributed by atoms with Crippen molar-refractivity contribution in [1.82, 2.24) is 14.5 Å². The molecule has 0 amide bonds. The zero-order valence-corrected chi connectivity index (χ0v) is 19.8. The molecule has 0 bridgehead atoms. The Labute approximate surface area is 200 Å². The molecule has 2 fully saturated rings. The van der Waals surface area contributed by atoms with E-state index in [2.05, 4.69) is 20.4 Å². The van der Waals surface area contributed by atoms with Gasteiger partial charge in [0.25, 0.3) is 0 Å². The van der Waals surface area contributed by atoms with Gasteiger partial charge in [0.15, 0.2) is 5.82 Å². The van der Waals surface area contributed by atoms with Gasteiger partial charge in [-0.1, -0.05) is 42.5 Å². The number of benzene rings is 2. The first-order chi connectivity index (χ1) is 16.6. The summed E-state index contributed by atoms with van der Waals surface area (Å²) in [6.07, 6.45) is 2.42. The minimum absolute atomic E-state index is 0.242. The third-order valence-corrected chi connectivity index (χ3v) is 8.26. The molecule has 3 heterocycles. The lowest BCUT2D eigenvalue weighted by Gasteiger charge is -2.34. The molecule has 178 valence electrons. The average Bonchev–Trinajstić information content (AvgIpc) is 3.42. The van der Waals surface area contributed by atoms with Crippen molar-refractivity contribution < 1.29 is 13.2 Å². The van der Waals surface area contributed by atoms with Gasteiger partial charge >= 0.3 is 0 Å². The molecule has 3 aromatic rings. The highest BCUT2D eigenvalue weighted by atomic mass is 32.2. The fraction of sp³-hybridized carbons (Fsp3) is 0.360. The molecule has 0 spiro atoms. The number of anilines is 2. The summed E-state index contributed by atoms with van der Waals surface area (Å²) in [7, 11) is -3.54. The van der Waals surface area contributed by atoms with Crippen molar-refractivity contribution in [3.05, 3.63) is 66.7 Å². The van der Waals surface area contributed by atoms with Crippen LogP contribution in [0.3, 0.4) is 0 Å². The predicted octanol–water partition coefficient (Wildman–Crippen LogP) is 3.25. The van der Waals surface area contributed by atoms with E-state index in [9.17, 15) is 8.42 Å². The Hall–Kier alpha value is -3.01. The fourth-order valence-corrected chi connectivity index (χ4v) is 5.79. The molecule has 0 aliphatic carbocycles. The summed E-state index contributed by atoms with van der Waals surface area (Å²) in [5.41, 5.74) is 2.06. The van der Waals surface area contributed by atoms with E-state index in [-0.39, 0.29) is 6.10 Å². The Balaban J connectivity index is 1.17. The molecule has 1 N–H and O–H groups in total. The van der Waals surface area contributed by atoms with Crippen LogP contribution in [0.2, 0.25) is 0 Å². The van der Waals surface area contributed by atoms with Crippen molar-refractivity contribution in [1.29, 1.82) is 0 Å². The Morgan fingerprint density at radius 1 is 0.882 bits per heavy atom. The summed E-state index contributed by atoms with van der Waals surface area (Å²) in [6.45, 7) is 3.51. The molecule has 2 saturated heterocycles. The van der Waals surface area contributed by atoms with Gasteiger partial charge in [-0.25, -0.2) is 8.42 Å². The molecule has 2 aliphatic rings. The van der Waals surface area contributed by atoms with Gasteiger partial charge in [-0.3, -0.25) is 0 Å². The second kappa shape index (κ2) is 10.1. The fourth-order valence-electron chi connectivity index (χ4n) is 4.37. The number of piperazine rings is 1. The third kappa shape index (κ3) is 5.06. The number of nitrogens with one attached hydrogen (secondary N) is 1. The van der Waals surface area contributed by atoms with E-state index in [1.54, 1.807) is 16.4 Å². The first kappa shape index (κ1) is 22.8. The number of hydrogen-bond donors (Lipinski definition) is 1. The summed E-state index contributed by atoms with van der Waals surface area (Å²) in [5.74, 6) is 1.48. The normalized spacial score (nSPS) is 19.3. The highest BCUT2D eigenvalue weighted by molar-refractivity contribution is 7.89. The first-order valence-corrected chi connectivity index (χ1v) is 13.1. The molecule has 34 heavy (non-hydrogen) atoms. The molecule has 8 nitrogen and oxygen atoms in total. The van der Waals surface area contributed by atoms with E-state index in [1.807, 2.05) is 54.6 Å². The van der Waals surface area contributed by atoms with Gasteiger partial charge in [-0.2, -0.15) is 4.31 Å². The maximum absolute atomic E-state index is 13.2. The molecule has 2 aromatic carbocycles. The molecule has 1 unspecified atom stereocenters.